The number of hydrogen-bond acceptors (Lipinski definition) is 3. The van der Waals surface area contributed by atoms with Crippen molar-refractivity contribution in [2.45, 2.75) is 19.9 Å². The van der Waals surface area contributed by atoms with Crippen molar-refractivity contribution in [3.8, 4) is 0 Å². The Hall–Kier alpha value is -2.17. The van der Waals surface area contributed by atoms with E-state index in [-0.39, 0.29) is 11.9 Å². The summed E-state index contributed by atoms with van der Waals surface area (Å²) in [7, 11) is 0. The van der Waals surface area contributed by atoms with Gasteiger partial charge >= 0.3 is 5.97 Å². The Bertz CT molecular complexity index is 580. The highest BCUT2D eigenvalue weighted by molar-refractivity contribution is 5.87. The molecule has 0 aliphatic rings. The average Bonchev–Trinajstić information content (AvgIpc) is 2.87. The number of imidazole rings is 1. The fourth-order valence-corrected chi connectivity index (χ4v) is 1.90. The van der Waals surface area contributed by atoms with Crippen LogP contribution in [0.2, 0.25) is 0 Å². The number of hydrogen-bond donors (Lipinski definition) is 0. The average molecular weight is 262 g/mol. The minimum atomic E-state index is -0.428. The lowest BCUT2D eigenvalue weighted by Crippen LogP contribution is -2.15. The predicted molar refractivity (Wildman–Crippen MR) is 68.4 cm³/mol. The summed E-state index contributed by atoms with van der Waals surface area (Å²) >= 11 is 0. The normalized spacial score (nSPS) is 12.2. The van der Waals surface area contributed by atoms with E-state index in [1.165, 1.54) is 18.3 Å². The molecule has 0 spiro atoms. The summed E-state index contributed by atoms with van der Waals surface area (Å²) in [5.74, 6) is -0.731. The molecule has 0 fully saturated rings. The van der Waals surface area contributed by atoms with Gasteiger partial charge in [0.15, 0.2) is 0 Å². The van der Waals surface area contributed by atoms with Crippen LogP contribution in [-0.4, -0.2) is 22.1 Å². The molecule has 1 aromatic carbocycles. The van der Waals surface area contributed by atoms with Crippen LogP contribution in [0, 0.1) is 5.82 Å². The Morgan fingerprint density at radius 3 is 3.00 bits per heavy atom. The molecule has 1 aromatic heterocycles. The quantitative estimate of drug-likeness (QED) is 0.796. The van der Waals surface area contributed by atoms with E-state index in [4.69, 9.17) is 4.74 Å². The van der Waals surface area contributed by atoms with Gasteiger partial charge in [-0.05, 0) is 31.5 Å². The molecular formula is C14H15FN2O2. The summed E-state index contributed by atoms with van der Waals surface area (Å²) in [5, 5.41) is 0. The van der Waals surface area contributed by atoms with E-state index in [1.807, 2.05) is 13.0 Å². The molecule has 4 nitrogen and oxygen atoms in total. The van der Waals surface area contributed by atoms with Crippen molar-refractivity contribution in [1.29, 1.82) is 0 Å². The fraction of sp³-hybridized carbons (Fsp3) is 0.286. The van der Waals surface area contributed by atoms with Gasteiger partial charge in [-0.25, -0.2) is 14.2 Å². The molecule has 19 heavy (non-hydrogen) atoms. The van der Waals surface area contributed by atoms with Gasteiger partial charge in [0.25, 0.3) is 0 Å². The van der Waals surface area contributed by atoms with Gasteiger partial charge in [-0.1, -0.05) is 12.1 Å². The van der Waals surface area contributed by atoms with Crippen LogP contribution in [-0.2, 0) is 4.74 Å². The molecule has 0 amide bonds. The maximum Gasteiger partial charge on any atom is 0.356 e. The van der Waals surface area contributed by atoms with Crippen LogP contribution < -0.4 is 0 Å². The van der Waals surface area contributed by atoms with E-state index in [0.29, 0.717) is 12.3 Å². The summed E-state index contributed by atoms with van der Waals surface area (Å²) in [6.07, 6.45) is 3.00. The van der Waals surface area contributed by atoms with Crippen molar-refractivity contribution in [1.82, 2.24) is 9.55 Å². The third kappa shape index (κ3) is 2.81. The van der Waals surface area contributed by atoms with E-state index >= 15 is 0 Å². The molecule has 0 saturated carbocycles. The highest BCUT2D eigenvalue weighted by Crippen LogP contribution is 2.20. The van der Waals surface area contributed by atoms with Crippen LogP contribution in [0.5, 0.6) is 0 Å². The van der Waals surface area contributed by atoms with Gasteiger partial charge in [0, 0.05) is 0 Å². The molecule has 0 aliphatic heterocycles. The maximum atomic E-state index is 13.2. The van der Waals surface area contributed by atoms with Crippen molar-refractivity contribution >= 4 is 5.97 Å². The monoisotopic (exact) mass is 262 g/mol. The molecule has 2 aromatic rings. The molecule has 0 N–H and O–H groups in total. The van der Waals surface area contributed by atoms with Crippen molar-refractivity contribution in [2.24, 2.45) is 0 Å². The SMILES string of the molecule is CCOC(=O)c1cncn1[C@H](C)c1cccc(F)c1. The molecule has 0 aliphatic carbocycles. The van der Waals surface area contributed by atoms with E-state index in [0.717, 1.165) is 5.56 Å². The molecule has 0 unspecified atom stereocenters. The highest BCUT2D eigenvalue weighted by atomic mass is 19.1. The Balaban J connectivity index is 2.32. The fourth-order valence-electron chi connectivity index (χ4n) is 1.90. The lowest BCUT2D eigenvalue weighted by Gasteiger charge is -2.16. The lowest BCUT2D eigenvalue weighted by molar-refractivity contribution is 0.0512. The van der Waals surface area contributed by atoms with E-state index in [1.54, 1.807) is 23.9 Å². The smallest absolute Gasteiger partial charge is 0.356 e. The minimum absolute atomic E-state index is 0.197. The van der Waals surface area contributed by atoms with Gasteiger partial charge in [-0.2, -0.15) is 0 Å². The molecule has 100 valence electrons. The first kappa shape index (κ1) is 13.3. The summed E-state index contributed by atoms with van der Waals surface area (Å²) in [6, 6.07) is 6.08. The zero-order valence-corrected chi connectivity index (χ0v) is 10.8. The van der Waals surface area contributed by atoms with Crippen LogP contribution in [0.15, 0.2) is 36.8 Å². The predicted octanol–water partition coefficient (Wildman–Crippen LogP) is 2.81. The summed E-state index contributed by atoms with van der Waals surface area (Å²) in [5.41, 5.74) is 1.13. The minimum Gasteiger partial charge on any atom is -0.461 e. The number of aromatic nitrogens is 2. The van der Waals surface area contributed by atoms with Gasteiger partial charge in [0.05, 0.1) is 25.2 Å². The number of carbonyl (C=O) groups is 1. The van der Waals surface area contributed by atoms with E-state index in [2.05, 4.69) is 4.98 Å². The lowest BCUT2D eigenvalue weighted by atomic mass is 10.1. The second kappa shape index (κ2) is 5.65. The van der Waals surface area contributed by atoms with Crippen LogP contribution in [0.4, 0.5) is 4.39 Å². The topological polar surface area (TPSA) is 44.1 Å². The summed E-state index contributed by atoms with van der Waals surface area (Å²) in [6.45, 7) is 3.92. The zero-order chi connectivity index (χ0) is 13.8. The second-order valence-corrected chi connectivity index (χ2v) is 4.14. The molecule has 0 saturated heterocycles. The van der Waals surface area contributed by atoms with Crippen molar-refractivity contribution < 1.29 is 13.9 Å². The number of esters is 1. The summed E-state index contributed by atoms with van der Waals surface area (Å²) in [4.78, 5) is 15.7. The Morgan fingerprint density at radius 1 is 1.53 bits per heavy atom. The maximum absolute atomic E-state index is 13.2. The van der Waals surface area contributed by atoms with E-state index < -0.39 is 5.97 Å². The molecule has 2 rings (SSSR count). The number of halogens is 1. The Morgan fingerprint density at radius 2 is 2.32 bits per heavy atom. The Kier molecular flexibility index (Phi) is 3.94. The molecule has 1 heterocycles. The molecule has 5 heteroatoms. The first-order valence-electron chi connectivity index (χ1n) is 6.08. The number of benzene rings is 1. The van der Waals surface area contributed by atoms with Crippen molar-refractivity contribution in [3.05, 3.63) is 53.9 Å². The van der Waals surface area contributed by atoms with Crippen LogP contribution in [0.3, 0.4) is 0 Å². The van der Waals surface area contributed by atoms with Crippen LogP contribution in [0.25, 0.3) is 0 Å². The highest BCUT2D eigenvalue weighted by Gasteiger charge is 2.18. The second-order valence-electron chi connectivity index (χ2n) is 4.14. The number of carbonyl (C=O) groups excluding carboxylic acids is 1. The largest absolute Gasteiger partial charge is 0.461 e. The molecule has 0 bridgehead atoms. The number of nitrogens with zero attached hydrogens (tertiary/aromatic N) is 2. The molecular weight excluding hydrogens is 247 g/mol. The van der Waals surface area contributed by atoms with Gasteiger partial charge in [0.2, 0.25) is 0 Å². The van der Waals surface area contributed by atoms with Crippen molar-refractivity contribution in [3.63, 3.8) is 0 Å². The Labute approximate surface area is 110 Å². The standard InChI is InChI=1S/C14H15FN2O2/c1-3-19-14(18)13-8-16-9-17(13)10(2)11-5-4-6-12(15)7-11/h4-10H,3H2,1-2H3/t10-/m1/s1. The van der Waals surface area contributed by atoms with Crippen molar-refractivity contribution in [2.75, 3.05) is 6.61 Å². The zero-order valence-electron chi connectivity index (χ0n) is 10.8. The van der Waals surface area contributed by atoms with E-state index in [9.17, 15) is 9.18 Å². The van der Waals surface area contributed by atoms with Crippen LogP contribution >= 0.6 is 0 Å². The summed E-state index contributed by atoms with van der Waals surface area (Å²) < 4.78 is 19.9. The van der Waals surface area contributed by atoms with Gasteiger partial charge < -0.3 is 9.30 Å². The van der Waals surface area contributed by atoms with Gasteiger partial charge in [-0.3, -0.25) is 0 Å². The van der Waals surface area contributed by atoms with Gasteiger partial charge in [0.1, 0.15) is 11.5 Å². The third-order valence-corrected chi connectivity index (χ3v) is 2.90. The molecule has 1 atom stereocenters. The number of ether oxygens (including phenoxy) is 1. The first-order chi connectivity index (χ1) is 9.13. The van der Waals surface area contributed by atoms with Crippen LogP contribution in [0.1, 0.15) is 35.9 Å². The van der Waals surface area contributed by atoms with Gasteiger partial charge in [-0.15, -0.1) is 0 Å². The first-order valence-corrected chi connectivity index (χ1v) is 6.08. The molecule has 0 radical (unpaired) electrons. The third-order valence-electron chi connectivity index (χ3n) is 2.90. The number of rotatable bonds is 4.